The van der Waals surface area contributed by atoms with E-state index >= 15 is 0 Å². The maximum absolute atomic E-state index is 9.57. The lowest BCUT2D eigenvalue weighted by Crippen LogP contribution is -2.35. The third-order valence-electron chi connectivity index (χ3n) is 4.20. The monoisotopic (exact) mass is 226 g/mol. The van der Waals surface area contributed by atoms with E-state index in [0.29, 0.717) is 6.61 Å². The second-order valence-corrected chi connectivity index (χ2v) is 5.33. The summed E-state index contributed by atoms with van der Waals surface area (Å²) < 4.78 is 0. The quantitative estimate of drug-likeness (QED) is 0.848. The summed E-state index contributed by atoms with van der Waals surface area (Å²) >= 11 is 0. The van der Waals surface area contributed by atoms with Crippen LogP contribution in [0.4, 0.5) is 0 Å². The van der Waals surface area contributed by atoms with E-state index in [1.54, 1.807) is 0 Å². The van der Waals surface area contributed by atoms with Gasteiger partial charge < -0.3 is 5.11 Å². The molecule has 1 N–H and O–H groups in total. The molecule has 1 saturated carbocycles. The third-order valence-corrected chi connectivity index (χ3v) is 4.20. The van der Waals surface area contributed by atoms with Gasteiger partial charge in [-0.3, -0.25) is 0 Å². The van der Waals surface area contributed by atoms with Gasteiger partial charge in [-0.2, -0.15) is 0 Å². The van der Waals surface area contributed by atoms with Gasteiger partial charge in [-0.05, 0) is 41.0 Å². The van der Waals surface area contributed by atoms with Gasteiger partial charge in [-0.15, -0.1) is 0 Å². The summed E-state index contributed by atoms with van der Waals surface area (Å²) in [7, 11) is 0. The zero-order chi connectivity index (χ0) is 11.7. The van der Waals surface area contributed by atoms with Gasteiger partial charge in [-0.25, -0.2) is 0 Å². The molecule has 0 spiro atoms. The van der Waals surface area contributed by atoms with Crippen LogP contribution in [0, 0.1) is 5.41 Å². The second kappa shape index (κ2) is 4.15. The molecule has 0 bridgehead atoms. The zero-order valence-corrected chi connectivity index (χ0v) is 10.0. The van der Waals surface area contributed by atoms with Crippen molar-refractivity contribution >= 4 is 10.8 Å². The van der Waals surface area contributed by atoms with Crippen LogP contribution >= 0.6 is 0 Å². The fourth-order valence-corrected chi connectivity index (χ4v) is 2.92. The van der Waals surface area contributed by atoms with Crippen molar-refractivity contribution in [1.82, 2.24) is 0 Å². The molecule has 88 valence electrons. The summed E-state index contributed by atoms with van der Waals surface area (Å²) in [4.78, 5) is 0. The summed E-state index contributed by atoms with van der Waals surface area (Å²) in [5.74, 6) is 0. The lowest BCUT2D eigenvalue weighted by molar-refractivity contribution is 0.0453. The van der Waals surface area contributed by atoms with Crippen molar-refractivity contribution in [3.05, 3.63) is 48.0 Å². The number of aliphatic hydroxyl groups is 1. The smallest absolute Gasteiger partial charge is 0.0490 e. The molecule has 3 rings (SSSR count). The van der Waals surface area contributed by atoms with E-state index in [2.05, 4.69) is 42.5 Å². The predicted octanol–water partition coefficient (Wildman–Crippen LogP) is 3.54. The SMILES string of the molecule is OCC1(Cc2cccc3ccccc23)CCC1. The van der Waals surface area contributed by atoms with Crippen molar-refractivity contribution in [3.8, 4) is 0 Å². The Morgan fingerprint density at radius 3 is 2.47 bits per heavy atom. The Labute approximate surface area is 102 Å². The van der Waals surface area contributed by atoms with E-state index in [1.807, 2.05) is 0 Å². The molecule has 0 amide bonds. The van der Waals surface area contributed by atoms with Gasteiger partial charge in [0.05, 0.1) is 0 Å². The maximum atomic E-state index is 9.57. The standard InChI is InChI=1S/C16H18O/c17-12-16(9-4-10-16)11-14-7-3-6-13-5-1-2-8-15(13)14/h1-3,5-8,17H,4,9-12H2. The highest BCUT2D eigenvalue weighted by Gasteiger charge is 2.36. The van der Waals surface area contributed by atoms with Gasteiger partial charge in [0.15, 0.2) is 0 Å². The second-order valence-electron chi connectivity index (χ2n) is 5.33. The Kier molecular flexibility index (Phi) is 2.64. The van der Waals surface area contributed by atoms with Crippen molar-refractivity contribution in [2.75, 3.05) is 6.61 Å². The first-order chi connectivity index (χ1) is 8.33. The van der Waals surface area contributed by atoms with Crippen LogP contribution in [0.3, 0.4) is 0 Å². The fourth-order valence-electron chi connectivity index (χ4n) is 2.92. The number of aliphatic hydroxyl groups excluding tert-OH is 1. The minimum absolute atomic E-state index is 0.171. The molecule has 2 aromatic carbocycles. The molecule has 0 aliphatic heterocycles. The minimum Gasteiger partial charge on any atom is -0.396 e. The van der Waals surface area contributed by atoms with E-state index in [4.69, 9.17) is 0 Å². The first kappa shape index (κ1) is 10.8. The van der Waals surface area contributed by atoms with Crippen LogP contribution in [0.1, 0.15) is 24.8 Å². The van der Waals surface area contributed by atoms with Gasteiger partial charge in [0.1, 0.15) is 0 Å². The fraction of sp³-hybridized carbons (Fsp3) is 0.375. The zero-order valence-electron chi connectivity index (χ0n) is 10.0. The molecule has 1 aliphatic rings. The highest BCUT2D eigenvalue weighted by molar-refractivity contribution is 5.85. The molecule has 2 aromatic rings. The van der Waals surface area contributed by atoms with Gasteiger partial charge in [-0.1, -0.05) is 48.9 Å². The van der Waals surface area contributed by atoms with Crippen LogP contribution in [0.25, 0.3) is 10.8 Å². The first-order valence-electron chi connectivity index (χ1n) is 6.41. The van der Waals surface area contributed by atoms with E-state index < -0.39 is 0 Å². The van der Waals surface area contributed by atoms with E-state index in [-0.39, 0.29) is 5.41 Å². The molecule has 0 saturated heterocycles. The number of benzene rings is 2. The molecule has 1 fully saturated rings. The summed E-state index contributed by atoms with van der Waals surface area (Å²) in [6, 6.07) is 15.0. The molecule has 0 aromatic heterocycles. The molecule has 1 heteroatoms. The van der Waals surface area contributed by atoms with Gasteiger partial charge in [0.2, 0.25) is 0 Å². The Morgan fingerprint density at radius 2 is 1.76 bits per heavy atom. The maximum Gasteiger partial charge on any atom is 0.0490 e. The number of rotatable bonds is 3. The number of hydrogen-bond acceptors (Lipinski definition) is 1. The summed E-state index contributed by atoms with van der Waals surface area (Å²) in [5.41, 5.74) is 1.56. The Hall–Kier alpha value is -1.34. The van der Waals surface area contributed by atoms with E-state index in [9.17, 15) is 5.11 Å². The molecule has 17 heavy (non-hydrogen) atoms. The molecule has 1 aliphatic carbocycles. The largest absolute Gasteiger partial charge is 0.396 e. The lowest BCUT2D eigenvalue weighted by atomic mass is 9.65. The topological polar surface area (TPSA) is 20.2 Å². The molecular formula is C16H18O. The first-order valence-corrected chi connectivity index (χ1v) is 6.41. The highest BCUT2D eigenvalue weighted by Crippen LogP contribution is 2.44. The summed E-state index contributed by atoms with van der Waals surface area (Å²) in [6.07, 6.45) is 4.63. The Bertz CT molecular complexity index is 515. The molecule has 0 heterocycles. The Morgan fingerprint density at radius 1 is 1.00 bits per heavy atom. The minimum atomic E-state index is 0.171. The number of fused-ring (bicyclic) bond motifs is 1. The van der Waals surface area contributed by atoms with E-state index in [0.717, 1.165) is 6.42 Å². The van der Waals surface area contributed by atoms with Gasteiger partial charge >= 0.3 is 0 Å². The average molecular weight is 226 g/mol. The highest BCUT2D eigenvalue weighted by atomic mass is 16.3. The Balaban J connectivity index is 2.00. The number of hydrogen-bond donors (Lipinski definition) is 1. The molecule has 0 radical (unpaired) electrons. The lowest BCUT2D eigenvalue weighted by Gasteiger charge is -2.40. The van der Waals surface area contributed by atoms with Gasteiger partial charge in [0, 0.05) is 6.61 Å². The van der Waals surface area contributed by atoms with Crippen molar-refractivity contribution in [2.24, 2.45) is 5.41 Å². The van der Waals surface area contributed by atoms with Crippen molar-refractivity contribution < 1.29 is 5.11 Å². The van der Waals surface area contributed by atoms with Crippen LogP contribution in [-0.4, -0.2) is 11.7 Å². The molecule has 0 unspecified atom stereocenters. The summed E-state index contributed by atoms with van der Waals surface area (Å²) in [5, 5.41) is 12.2. The van der Waals surface area contributed by atoms with E-state index in [1.165, 1.54) is 35.6 Å². The predicted molar refractivity (Wildman–Crippen MR) is 71.0 cm³/mol. The molecule has 0 atom stereocenters. The van der Waals surface area contributed by atoms with Crippen LogP contribution in [0.15, 0.2) is 42.5 Å². The van der Waals surface area contributed by atoms with Crippen molar-refractivity contribution in [2.45, 2.75) is 25.7 Å². The van der Waals surface area contributed by atoms with Crippen LogP contribution in [0.5, 0.6) is 0 Å². The van der Waals surface area contributed by atoms with Crippen LogP contribution in [0.2, 0.25) is 0 Å². The van der Waals surface area contributed by atoms with Crippen molar-refractivity contribution in [3.63, 3.8) is 0 Å². The van der Waals surface area contributed by atoms with Gasteiger partial charge in [0.25, 0.3) is 0 Å². The average Bonchev–Trinajstić information content (AvgIpc) is 2.34. The normalized spacial score (nSPS) is 17.9. The third kappa shape index (κ3) is 1.85. The van der Waals surface area contributed by atoms with Crippen LogP contribution < -0.4 is 0 Å². The van der Waals surface area contributed by atoms with Crippen molar-refractivity contribution in [1.29, 1.82) is 0 Å². The molecular weight excluding hydrogens is 208 g/mol. The molecule has 1 nitrogen and oxygen atoms in total. The summed E-state index contributed by atoms with van der Waals surface area (Å²) in [6.45, 7) is 0.330. The van der Waals surface area contributed by atoms with Crippen LogP contribution in [-0.2, 0) is 6.42 Å².